The van der Waals surface area contributed by atoms with Crippen molar-refractivity contribution in [1.82, 2.24) is 0 Å². The molecule has 18 heavy (non-hydrogen) atoms. The molecule has 0 aliphatic rings. The lowest BCUT2D eigenvalue weighted by Gasteiger charge is -2.17. The Kier molecular flexibility index (Phi) is 3.78. The smallest absolute Gasteiger partial charge is 0.131 e. The molecule has 0 bridgehead atoms. The Morgan fingerprint density at radius 3 is 2.33 bits per heavy atom. The molecule has 0 spiro atoms. The Labute approximate surface area is 113 Å². The largest absolute Gasteiger partial charge is 0.320 e. The molecule has 0 amide bonds. The molecule has 2 aromatic rings. The van der Waals surface area contributed by atoms with Crippen LogP contribution in [0.15, 0.2) is 40.9 Å². The molecule has 2 aromatic carbocycles. The lowest BCUT2D eigenvalue weighted by atomic mass is 9.95. The molecule has 0 aliphatic carbocycles. The number of aryl methyl sites for hydroxylation is 1. The van der Waals surface area contributed by atoms with Crippen LogP contribution in [0.25, 0.3) is 0 Å². The van der Waals surface area contributed by atoms with Crippen molar-refractivity contribution < 1.29 is 8.78 Å². The van der Waals surface area contributed by atoms with E-state index in [1.165, 1.54) is 18.2 Å². The minimum absolute atomic E-state index is 0.0984. The van der Waals surface area contributed by atoms with Crippen LogP contribution in [0.1, 0.15) is 22.7 Å². The van der Waals surface area contributed by atoms with Gasteiger partial charge in [0, 0.05) is 10.0 Å². The van der Waals surface area contributed by atoms with E-state index in [9.17, 15) is 8.78 Å². The normalized spacial score (nSPS) is 12.5. The zero-order valence-electron chi connectivity index (χ0n) is 9.75. The molecule has 1 unspecified atom stereocenters. The van der Waals surface area contributed by atoms with E-state index in [2.05, 4.69) is 15.9 Å². The van der Waals surface area contributed by atoms with Crippen molar-refractivity contribution in [3.63, 3.8) is 0 Å². The van der Waals surface area contributed by atoms with Gasteiger partial charge in [0.25, 0.3) is 0 Å². The van der Waals surface area contributed by atoms with Gasteiger partial charge >= 0.3 is 0 Å². The summed E-state index contributed by atoms with van der Waals surface area (Å²) in [5.74, 6) is -1.25. The summed E-state index contributed by atoms with van der Waals surface area (Å²) >= 11 is 3.33. The molecule has 94 valence electrons. The van der Waals surface area contributed by atoms with Gasteiger partial charge in [-0.15, -0.1) is 0 Å². The Morgan fingerprint density at radius 1 is 1.11 bits per heavy atom. The first kappa shape index (κ1) is 13.2. The summed E-state index contributed by atoms with van der Waals surface area (Å²) < 4.78 is 28.2. The van der Waals surface area contributed by atoms with Crippen molar-refractivity contribution >= 4 is 15.9 Å². The summed E-state index contributed by atoms with van der Waals surface area (Å²) in [7, 11) is 0. The molecule has 0 aliphatic heterocycles. The topological polar surface area (TPSA) is 26.0 Å². The van der Waals surface area contributed by atoms with Crippen LogP contribution in [0.3, 0.4) is 0 Å². The van der Waals surface area contributed by atoms with E-state index in [1.807, 2.05) is 19.1 Å². The average Bonchev–Trinajstić information content (AvgIpc) is 2.32. The summed E-state index contributed by atoms with van der Waals surface area (Å²) in [4.78, 5) is 0. The maximum absolute atomic E-state index is 13.7. The maximum Gasteiger partial charge on any atom is 0.131 e. The van der Waals surface area contributed by atoms with Crippen molar-refractivity contribution in [2.75, 3.05) is 0 Å². The van der Waals surface area contributed by atoms with E-state index < -0.39 is 17.7 Å². The molecule has 0 radical (unpaired) electrons. The van der Waals surface area contributed by atoms with Gasteiger partial charge in [-0.2, -0.15) is 0 Å². The minimum atomic E-state index is -0.816. The number of nitrogens with two attached hydrogens (primary N) is 1. The van der Waals surface area contributed by atoms with Gasteiger partial charge in [0.1, 0.15) is 11.6 Å². The van der Waals surface area contributed by atoms with Crippen LogP contribution in [0, 0.1) is 18.6 Å². The Morgan fingerprint density at radius 2 is 1.72 bits per heavy atom. The van der Waals surface area contributed by atoms with Gasteiger partial charge in [-0.3, -0.25) is 0 Å². The molecular weight excluding hydrogens is 300 g/mol. The SMILES string of the molecule is Cc1ccc(Br)cc1C(N)c1c(F)cccc1F. The third-order valence-corrected chi connectivity index (χ3v) is 3.38. The van der Waals surface area contributed by atoms with Crippen LogP contribution in [-0.2, 0) is 0 Å². The second-order valence-corrected chi connectivity index (χ2v) is 5.03. The van der Waals surface area contributed by atoms with Gasteiger partial charge in [-0.25, -0.2) is 8.78 Å². The first-order chi connectivity index (χ1) is 8.50. The summed E-state index contributed by atoms with van der Waals surface area (Å²) in [6.45, 7) is 1.86. The van der Waals surface area contributed by atoms with Crippen molar-refractivity contribution in [2.45, 2.75) is 13.0 Å². The molecule has 0 fully saturated rings. The van der Waals surface area contributed by atoms with E-state index in [4.69, 9.17) is 5.73 Å². The van der Waals surface area contributed by atoms with E-state index in [1.54, 1.807) is 6.07 Å². The first-order valence-electron chi connectivity index (χ1n) is 5.46. The molecule has 0 aromatic heterocycles. The first-order valence-corrected chi connectivity index (χ1v) is 6.25. The standard InChI is InChI=1S/C14H12BrF2N/c1-8-5-6-9(15)7-10(8)14(18)13-11(16)3-2-4-12(13)17/h2-7,14H,18H2,1H3. The minimum Gasteiger partial charge on any atom is -0.320 e. The highest BCUT2D eigenvalue weighted by molar-refractivity contribution is 9.10. The fourth-order valence-corrected chi connectivity index (χ4v) is 2.29. The second kappa shape index (κ2) is 5.16. The Bertz CT molecular complexity index is 564. The highest BCUT2D eigenvalue weighted by Crippen LogP contribution is 2.28. The van der Waals surface area contributed by atoms with Crippen LogP contribution in [0.2, 0.25) is 0 Å². The van der Waals surface area contributed by atoms with E-state index in [0.717, 1.165) is 10.0 Å². The van der Waals surface area contributed by atoms with Gasteiger partial charge in [-0.1, -0.05) is 28.1 Å². The van der Waals surface area contributed by atoms with Gasteiger partial charge in [0.15, 0.2) is 0 Å². The molecule has 2 N–H and O–H groups in total. The number of halogens is 3. The summed E-state index contributed by atoms with van der Waals surface area (Å²) in [6, 6.07) is 8.45. The van der Waals surface area contributed by atoms with Gasteiger partial charge in [-0.05, 0) is 42.3 Å². The van der Waals surface area contributed by atoms with Gasteiger partial charge in [0.05, 0.1) is 6.04 Å². The van der Waals surface area contributed by atoms with Crippen molar-refractivity contribution in [3.8, 4) is 0 Å². The van der Waals surface area contributed by atoms with Crippen LogP contribution in [0.4, 0.5) is 8.78 Å². The molecule has 0 heterocycles. The molecule has 0 saturated heterocycles. The van der Waals surface area contributed by atoms with Gasteiger partial charge in [0.2, 0.25) is 0 Å². The number of rotatable bonds is 2. The third-order valence-electron chi connectivity index (χ3n) is 2.89. The van der Waals surface area contributed by atoms with Crippen LogP contribution in [0.5, 0.6) is 0 Å². The molecular formula is C14H12BrF2N. The second-order valence-electron chi connectivity index (χ2n) is 4.11. The zero-order chi connectivity index (χ0) is 13.3. The summed E-state index contributed by atoms with van der Waals surface area (Å²) in [5, 5.41) is 0. The molecule has 1 atom stereocenters. The highest BCUT2D eigenvalue weighted by Gasteiger charge is 2.19. The molecule has 4 heteroatoms. The lowest BCUT2D eigenvalue weighted by Crippen LogP contribution is -2.16. The fourth-order valence-electron chi connectivity index (χ4n) is 1.91. The lowest BCUT2D eigenvalue weighted by molar-refractivity contribution is 0.543. The van der Waals surface area contributed by atoms with Crippen molar-refractivity contribution in [1.29, 1.82) is 0 Å². The zero-order valence-corrected chi connectivity index (χ0v) is 11.3. The van der Waals surface area contributed by atoms with Crippen LogP contribution in [-0.4, -0.2) is 0 Å². The number of hydrogen-bond acceptors (Lipinski definition) is 1. The van der Waals surface area contributed by atoms with Crippen LogP contribution < -0.4 is 5.73 Å². The predicted octanol–water partition coefficient (Wildman–Crippen LogP) is 4.08. The molecule has 2 rings (SSSR count). The average molecular weight is 312 g/mol. The van der Waals surface area contributed by atoms with E-state index in [-0.39, 0.29) is 5.56 Å². The van der Waals surface area contributed by atoms with Crippen molar-refractivity contribution in [2.24, 2.45) is 5.73 Å². The van der Waals surface area contributed by atoms with Crippen LogP contribution >= 0.6 is 15.9 Å². The molecule has 0 saturated carbocycles. The summed E-state index contributed by atoms with van der Waals surface area (Å²) in [6.07, 6.45) is 0. The van der Waals surface area contributed by atoms with E-state index >= 15 is 0 Å². The van der Waals surface area contributed by atoms with E-state index in [0.29, 0.717) is 5.56 Å². The number of hydrogen-bond donors (Lipinski definition) is 1. The Hall–Kier alpha value is -1.26. The monoisotopic (exact) mass is 311 g/mol. The Balaban J connectivity index is 2.54. The fraction of sp³-hybridized carbons (Fsp3) is 0.143. The summed E-state index contributed by atoms with van der Waals surface area (Å²) in [5.41, 5.74) is 7.49. The predicted molar refractivity (Wildman–Crippen MR) is 71.3 cm³/mol. The molecule has 1 nitrogen and oxygen atoms in total. The number of benzene rings is 2. The quantitative estimate of drug-likeness (QED) is 0.888. The van der Waals surface area contributed by atoms with Gasteiger partial charge < -0.3 is 5.73 Å². The van der Waals surface area contributed by atoms with Crippen molar-refractivity contribution in [3.05, 3.63) is 69.2 Å². The maximum atomic E-state index is 13.7. The highest BCUT2D eigenvalue weighted by atomic mass is 79.9. The third kappa shape index (κ3) is 2.44.